The maximum atomic E-state index is 12.3. The van der Waals surface area contributed by atoms with Crippen molar-refractivity contribution in [2.45, 2.75) is 57.2 Å². The number of nitrogens with one attached hydrogen (secondary N) is 2. The third-order valence-corrected chi connectivity index (χ3v) is 4.40. The van der Waals surface area contributed by atoms with Gasteiger partial charge in [-0.3, -0.25) is 4.79 Å². The monoisotopic (exact) mass is 269 g/mol. The third-order valence-electron chi connectivity index (χ3n) is 4.40. The first-order valence-corrected chi connectivity index (χ1v) is 7.58. The lowest BCUT2D eigenvalue weighted by Crippen LogP contribution is -2.59. The topological polar surface area (TPSA) is 76.4 Å². The van der Waals surface area contributed by atoms with Crippen LogP contribution in [0.5, 0.6) is 0 Å². The number of hydrogen-bond acceptors (Lipinski definition) is 4. The smallest absolute Gasteiger partial charge is 0.240 e. The van der Waals surface area contributed by atoms with Crippen LogP contribution in [0.15, 0.2) is 0 Å². The van der Waals surface area contributed by atoms with Gasteiger partial charge in [-0.05, 0) is 25.7 Å². The summed E-state index contributed by atoms with van der Waals surface area (Å²) < 4.78 is 5.52. The van der Waals surface area contributed by atoms with Crippen molar-refractivity contribution >= 4 is 5.91 Å². The second kappa shape index (κ2) is 7.22. The van der Waals surface area contributed by atoms with E-state index in [0.717, 1.165) is 6.54 Å². The van der Waals surface area contributed by atoms with Gasteiger partial charge in [-0.1, -0.05) is 19.3 Å². The van der Waals surface area contributed by atoms with Gasteiger partial charge in [-0.2, -0.15) is 0 Å². The largest absolute Gasteiger partial charge is 0.375 e. The zero-order chi connectivity index (χ0) is 13.7. The molecule has 1 aliphatic carbocycles. The summed E-state index contributed by atoms with van der Waals surface area (Å²) >= 11 is 0. The number of hydrogen-bond donors (Lipinski definition) is 3. The zero-order valence-electron chi connectivity index (χ0n) is 11.9. The third kappa shape index (κ3) is 3.91. The van der Waals surface area contributed by atoms with Crippen molar-refractivity contribution < 1.29 is 9.53 Å². The lowest BCUT2D eigenvalue weighted by molar-refractivity contribution is -0.130. The number of ether oxygens (including phenoxy) is 1. The van der Waals surface area contributed by atoms with Crippen LogP contribution in [-0.4, -0.2) is 43.8 Å². The Labute approximate surface area is 115 Å². The van der Waals surface area contributed by atoms with Crippen molar-refractivity contribution in [1.29, 1.82) is 0 Å². The normalized spacial score (nSPS) is 30.8. The summed E-state index contributed by atoms with van der Waals surface area (Å²) in [4.78, 5) is 12.3. The van der Waals surface area contributed by atoms with E-state index in [1.165, 1.54) is 32.1 Å². The van der Waals surface area contributed by atoms with E-state index in [-0.39, 0.29) is 24.1 Å². The lowest BCUT2D eigenvalue weighted by atomic mass is 9.83. The molecule has 5 nitrogen and oxygen atoms in total. The van der Waals surface area contributed by atoms with Gasteiger partial charge in [0.1, 0.15) is 6.04 Å². The Kier molecular flexibility index (Phi) is 5.60. The summed E-state index contributed by atoms with van der Waals surface area (Å²) in [6.07, 6.45) is 6.14. The van der Waals surface area contributed by atoms with Crippen molar-refractivity contribution in [2.24, 2.45) is 11.7 Å². The molecule has 0 aromatic heterocycles. The van der Waals surface area contributed by atoms with Crippen molar-refractivity contribution in [2.75, 3.05) is 19.7 Å². The van der Waals surface area contributed by atoms with Gasteiger partial charge in [0.15, 0.2) is 0 Å². The summed E-state index contributed by atoms with van der Waals surface area (Å²) in [6.45, 7) is 3.87. The molecular formula is C14H27N3O2. The van der Waals surface area contributed by atoms with Crippen LogP contribution in [0.25, 0.3) is 0 Å². The van der Waals surface area contributed by atoms with Gasteiger partial charge >= 0.3 is 0 Å². The molecule has 4 N–H and O–H groups in total. The van der Waals surface area contributed by atoms with Gasteiger partial charge in [0.25, 0.3) is 0 Å². The van der Waals surface area contributed by atoms with Crippen LogP contribution < -0.4 is 16.4 Å². The first kappa shape index (κ1) is 14.8. The average Bonchev–Trinajstić information content (AvgIpc) is 2.46. The van der Waals surface area contributed by atoms with Gasteiger partial charge in [-0.25, -0.2) is 0 Å². The van der Waals surface area contributed by atoms with Crippen LogP contribution in [0.4, 0.5) is 0 Å². The Morgan fingerprint density at radius 2 is 2.16 bits per heavy atom. The molecule has 2 fully saturated rings. The van der Waals surface area contributed by atoms with Crippen LogP contribution in [0.2, 0.25) is 0 Å². The highest BCUT2D eigenvalue weighted by molar-refractivity contribution is 5.82. The summed E-state index contributed by atoms with van der Waals surface area (Å²) in [5, 5.41) is 6.35. The summed E-state index contributed by atoms with van der Waals surface area (Å²) in [5.41, 5.74) is 5.85. The van der Waals surface area contributed by atoms with E-state index in [1.807, 2.05) is 6.92 Å². The minimum Gasteiger partial charge on any atom is -0.375 e. The number of rotatable bonds is 4. The molecule has 0 radical (unpaired) electrons. The van der Waals surface area contributed by atoms with E-state index in [9.17, 15) is 4.79 Å². The van der Waals surface area contributed by atoms with Crippen LogP contribution in [0.3, 0.4) is 0 Å². The van der Waals surface area contributed by atoms with E-state index in [1.54, 1.807) is 0 Å². The average molecular weight is 269 g/mol. The van der Waals surface area contributed by atoms with Gasteiger partial charge in [0, 0.05) is 19.1 Å². The van der Waals surface area contributed by atoms with Crippen LogP contribution >= 0.6 is 0 Å². The Balaban J connectivity index is 1.87. The van der Waals surface area contributed by atoms with Crippen molar-refractivity contribution in [3.8, 4) is 0 Å². The molecule has 1 saturated carbocycles. The quantitative estimate of drug-likeness (QED) is 0.690. The molecular weight excluding hydrogens is 242 g/mol. The van der Waals surface area contributed by atoms with Crippen molar-refractivity contribution in [1.82, 2.24) is 10.6 Å². The Bertz CT molecular complexity index is 292. The standard InChI is InChI=1S/C14H27N3O2/c1-10-13(16-7-8-19-10)14(18)17-12(9-15)11-5-3-2-4-6-11/h10-13,16H,2-9,15H2,1H3,(H,17,18)/t10-,12?,13+/m1/s1. The highest BCUT2D eigenvalue weighted by Crippen LogP contribution is 2.26. The predicted molar refractivity (Wildman–Crippen MR) is 74.8 cm³/mol. The predicted octanol–water partition coefficient (Wildman–Crippen LogP) is 0.387. The molecule has 0 aromatic rings. The maximum Gasteiger partial charge on any atom is 0.240 e. The molecule has 1 unspecified atom stereocenters. The number of amides is 1. The van der Waals surface area contributed by atoms with Gasteiger partial charge < -0.3 is 21.1 Å². The SMILES string of the molecule is C[C@H]1OCCN[C@@H]1C(=O)NC(CN)C1CCCCC1. The minimum absolute atomic E-state index is 0.0354. The summed E-state index contributed by atoms with van der Waals surface area (Å²) in [5.74, 6) is 0.579. The molecule has 1 amide bonds. The number of carbonyl (C=O) groups excluding carboxylic acids is 1. The Morgan fingerprint density at radius 3 is 2.79 bits per heavy atom. The Hall–Kier alpha value is -0.650. The summed E-state index contributed by atoms with van der Waals surface area (Å²) in [6, 6.07) is -0.130. The molecule has 1 saturated heterocycles. The summed E-state index contributed by atoms with van der Waals surface area (Å²) in [7, 11) is 0. The fraction of sp³-hybridized carbons (Fsp3) is 0.929. The molecule has 5 heteroatoms. The molecule has 3 atom stereocenters. The van der Waals surface area contributed by atoms with Crippen LogP contribution in [0.1, 0.15) is 39.0 Å². The van der Waals surface area contributed by atoms with Crippen LogP contribution in [0, 0.1) is 5.92 Å². The van der Waals surface area contributed by atoms with Gasteiger partial charge in [0.05, 0.1) is 12.7 Å². The molecule has 2 aliphatic rings. The molecule has 2 rings (SSSR count). The number of carbonyl (C=O) groups is 1. The second-order valence-electron chi connectivity index (χ2n) is 5.76. The highest BCUT2D eigenvalue weighted by Gasteiger charge is 2.31. The van der Waals surface area contributed by atoms with Crippen LogP contribution in [-0.2, 0) is 9.53 Å². The molecule has 1 aliphatic heterocycles. The zero-order valence-corrected chi connectivity index (χ0v) is 11.9. The molecule has 0 aromatic carbocycles. The molecule has 0 spiro atoms. The minimum atomic E-state index is -0.244. The Morgan fingerprint density at radius 1 is 1.42 bits per heavy atom. The second-order valence-corrected chi connectivity index (χ2v) is 5.76. The van der Waals surface area contributed by atoms with Gasteiger partial charge in [0.2, 0.25) is 5.91 Å². The van der Waals surface area contributed by atoms with E-state index >= 15 is 0 Å². The fourth-order valence-electron chi connectivity index (χ4n) is 3.21. The van der Waals surface area contributed by atoms with Crippen molar-refractivity contribution in [3.05, 3.63) is 0 Å². The van der Waals surface area contributed by atoms with E-state index in [4.69, 9.17) is 10.5 Å². The van der Waals surface area contributed by atoms with Gasteiger partial charge in [-0.15, -0.1) is 0 Å². The maximum absolute atomic E-state index is 12.3. The molecule has 19 heavy (non-hydrogen) atoms. The van der Waals surface area contributed by atoms with Crippen molar-refractivity contribution in [3.63, 3.8) is 0 Å². The molecule has 110 valence electrons. The first-order valence-electron chi connectivity index (χ1n) is 7.58. The van der Waals surface area contributed by atoms with E-state index in [0.29, 0.717) is 19.1 Å². The van der Waals surface area contributed by atoms with E-state index < -0.39 is 0 Å². The molecule has 0 bridgehead atoms. The lowest BCUT2D eigenvalue weighted by Gasteiger charge is -2.34. The number of nitrogens with two attached hydrogens (primary N) is 1. The first-order chi connectivity index (χ1) is 9.22. The highest BCUT2D eigenvalue weighted by atomic mass is 16.5. The molecule has 1 heterocycles. The fourth-order valence-corrected chi connectivity index (χ4v) is 3.21. The number of morpholine rings is 1. The van der Waals surface area contributed by atoms with E-state index in [2.05, 4.69) is 10.6 Å².